The first-order chi connectivity index (χ1) is 8.80. The zero-order valence-electron chi connectivity index (χ0n) is 10.5. The summed E-state index contributed by atoms with van der Waals surface area (Å²) in [5.74, 6) is 0.840. The van der Waals surface area contributed by atoms with E-state index in [9.17, 15) is 0 Å². The van der Waals surface area contributed by atoms with E-state index in [1.807, 2.05) is 13.1 Å². The third kappa shape index (κ3) is 2.28. The quantitative estimate of drug-likeness (QED) is 0.863. The van der Waals surface area contributed by atoms with Crippen LogP contribution in [0.15, 0.2) is 29.2 Å². The maximum absolute atomic E-state index is 5.24. The minimum absolute atomic E-state index is 0.142. The second kappa shape index (κ2) is 5.50. The van der Waals surface area contributed by atoms with E-state index in [0.29, 0.717) is 17.5 Å². The highest BCUT2D eigenvalue weighted by atomic mass is 16.5. The predicted molar refractivity (Wildman–Crippen MR) is 64.7 cm³/mol. The number of ether oxygens (including phenoxy) is 2. The van der Waals surface area contributed by atoms with Crippen molar-refractivity contribution in [3.8, 4) is 11.8 Å². The van der Waals surface area contributed by atoms with Gasteiger partial charge in [-0.3, -0.25) is 0 Å². The van der Waals surface area contributed by atoms with Gasteiger partial charge in [-0.1, -0.05) is 0 Å². The normalized spacial score (nSPS) is 12.2. The Morgan fingerprint density at radius 2 is 2.17 bits per heavy atom. The highest BCUT2D eigenvalue weighted by Gasteiger charge is 2.21. The third-order valence-electron chi connectivity index (χ3n) is 2.59. The van der Waals surface area contributed by atoms with Crippen LogP contribution in [0.3, 0.4) is 0 Å². The lowest BCUT2D eigenvalue weighted by Crippen LogP contribution is -2.19. The molecular formula is C12H15N3O3. The second-order valence-corrected chi connectivity index (χ2v) is 3.59. The number of nitrogens with zero attached hydrogens (tertiary/aromatic N) is 2. The Bertz CT molecular complexity index is 499. The molecule has 0 aliphatic carbocycles. The summed E-state index contributed by atoms with van der Waals surface area (Å²) in [6.07, 6.45) is 4.83. The van der Waals surface area contributed by atoms with E-state index in [4.69, 9.17) is 13.9 Å². The van der Waals surface area contributed by atoms with Gasteiger partial charge in [-0.05, 0) is 13.1 Å². The molecule has 96 valence electrons. The van der Waals surface area contributed by atoms with Crippen LogP contribution < -0.4 is 14.8 Å². The average Bonchev–Trinajstić information content (AvgIpc) is 2.94. The molecule has 1 N–H and O–H groups in total. The smallest absolute Gasteiger partial charge is 0.240 e. The van der Waals surface area contributed by atoms with E-state index in [-0.39, 0.29) is 6.04 Å². The zero-order valence-corrected chi connectivity index (χ0v) is 10.5. The fourth-order valence-electron chi connectivity index (χ4n) is 1.71. The van der Waals surface area contributed by atoms with E-state index in [1.54, 1.807) is 25.8 Å². The molecule has 2 aromatic rings. The number of nitrogens with one attached hydrogen (secondary N) is 1. The summed E-state index contributed by atoms with van der Waals surface area (Å²) in [4.78, 5) is 8.54. The molecule has 0 bridgehead atoms. The molecule has 2 heterocycles. The maximum atomic E-state index is 5.24. The van der Waals surface area contributed by atoms with Crippen LogP contribution in [0.2, 0.25) is 0 Å². The Hall–Kier alpha value is -2.08. The minimum Gasteiger partial charge on any atom is -0.480 e. The van der Waals surface area contributed by atoms with Crippen molar-refractivity contribution in [1.29, 1.82) is 0 Å². The van der Waals surface area contributed by atoms with Crippen molar-refractivity contribution < 1.29 is 13.9 Å². The van der Waals surface area contributed by atoms with Crippen molar-refractivity contribution in [3.63, 3.8) is 0 Å². The molecule has 0 saturated heterocycles. The van der Waals surface area contributed by atoms with Gasteiger partial charge in [-0.2, -0.15) is 4.98 Å². The van der Waals surface area contributed by atoms with E-state index in [0.717, 1.165) is 5.56 Å². The number of rotatable bonds is 5. The van der Waals surface area contributed by atoms with Gasteiger partial charge in [0.05, 0.1) is 39.0 Å². The summed E-state index contributed by atoms with van der Waals surface area (Å²) in [6, 6.07) is 1.73. The van der Waals surface area contributed by atoms with Crippen molar-refractivity contribution in [2.45, 2.75) is 6.04 Å². The first-order valence-corrected chi connectivity index (χ1v) is 5.44. The monoisotopic (exact) mass is 249 g/mol. The van der Waals surface area contributed by atoms with Crippen molar-refractivity contribution in [3.05, 3.63) is 36.0 Å². The summed E-state index contributed by atoms with van der Waals surface area (Å²) < 4.78 is 15.4. The Labute approximate surface area is 105 Å². The Kier molecular flexibility index (Phi) is 3.78. The van der Waals surface area contributed by atoms with Gasteiger partial charge >= 0.3 is 0 Å². The van der Waals surface area contributed by atoms with E-state index in [1.165, 1.54) is 7.11 Å². The lowest BCUT2D eigenvalue weighted by Gasteiger charge is -2.16. The Balaban J connectivity index is 2.42. The molecule has 0 radical (unpaired) electrons. The molecule has 1 atom stereocenters. The van der Waals surface area contributed by atoms with Crippen LogP contribution in [0, 0.1) is 0 Å². The summed E-state index contributed by atoms with van der Waals surface area (Å²) in [5.41, 5.74) is 1.64. The van der Waals surface area contributed by atoms with Gasteiger partial charge < -0.3 is 19.2 Å². The van der Waals surface area contributed by atoms with Crippen LogP contribution in [0.4, 0.5) is 0 Å². The van der Waals surface area contributed by atoms with Crippen molar-refractivity contribution in [2.75, 3.05) is 21.3 Å². The molecule has 0 saturated carbocycles. The molecule has 1 unspecified atom stereocenters. The number of hydrogen-bond donors (Lipinski definition) is 1. The average molecular weight is 249 g/mol. The summed E-state index contributed by atoms with van der Waals surface area (Å²) >= 11 is 0. The molecule has 0 spiro atoms. The molecular weight excluding hydrogens is 234 g/mol. The highest BCUT2D eigenvalue weighted by molar-refractivity contribution is 5.32. The lowest BCUT2D eigenvalue weighted by atomic mass is 10.1. The van der Waals surface area contributed by atoms with Gasteiger partial charge in [0.25, 0.3) is 0 Å². The molecule has 0 amide bonds. The van der Waals surface area contributed by atoms with Crippen LogP contribution in [0.1, 0.15) is 17.3 Å². The van der Waals surface area contributed by atoms with Gasteiger partial charge in [-0.15, -0.1) is 0 Å². The fraction of sp³-hybridized carbons (Fsp3) is 0.333. The van der Waals surface area contributed by atoms with Crippen LogP contribution in [0.25, 0.3) is 0 Å². The molecule has 6 nitrogen and oxygen atoms in total. The SMILES string of the molecule is CNC(c1ccoc1)c1ncc(OC)nc1OC. The first-order valence-electron chi connectivity index (χ1n) is 5.44. The van der Waals surface area contributed by atoms with Gasteiger partial charge in [0, 0.05) is 5.56 Å². The van der Waals surface area contributed by atoms with E-state index in [2.05, 4.69) is 15.3 Å². The standard InChI is InChI=1S/C12H15N3O3/c1-13-10(8-4-5-18-7-8)11-12(17-3)15-9(16-2)6-14-11/h4-7,10,13H,1-3H3. The van der Waals surface area contributed by atoms with Crippen LogP contribution >= 0.6 is 0 Å². The Morgan fingerprint density at radius 1 is 1.33 bits per heavy atom. The summed E-state index contributed by atoms with van der Waals surface area (Å²) in [6.45, 7) is 0. The molecule has 0 aliphatic rings. The van der Waals surface area contributed by atoms with E-state index < -0.39 is 0 Å². The number of hydrogen-bond acceptors (Lipinski definition) is 6. The van der Waals surface area contributed by atoms with Crippen molar-refractivity contribution >= 4 is 0 Å². The zero-order chi connectivity index (χ0) is 13.0. The third-order valence-corrected chi connectivity index (χ3v) is 2.59. The molecule has 2 rings (SSSR count). The van der Waals surface area contributed by atoms with Crippen LogP contribution in [-0.2, 0) is 0 Å². The van der Waals surface area contributed by atoms with Gasteiger partial charge in [0.15, 0.2) is 0 Å². The van der Waals surface area contributed by atoms with Crippen LogP contribution in [-0.4, -0.2) is 31.2 Å². The molecule has 6 heteroatoms. The first kappa shape index (κ1) is 12.4. The number of methoxy groups -OCH3 is 2. The van der Waals surface area contributed by atoms with Crippen molar-refractivity contribution in [2.24, 2.45) is 0 Å². The summed E-state index contributed by atoms with van der Waals surface area (Å²) in [5, 5.41) is 3.15. The second-order valence-electron chi connectivity index (χ2n) is 3.59. The molecule has 18 heavy (non-hydrogen) atoms. The minimum atomic E-state index is -0.142. The number of furan rings is 1. The van der Waals surface area contributed by atoms with Gasteiger partial charge in [0.1, 0.15) is 5.69 Å². The predicted octanol–water partition coefficient (Wildman–Crippen LogP) is 1.40. The van der Waals surface area contributed by atoms with E-state index >= 15 is 0 Å². The number of aromatic nitrogens is 2. The van der Waals surface area contributed by atoms with Crippen LogP contribution in [0.5, 0.6) is 11.8 Å². The molecule has 0 fully saturated rings. The topological polar surface area (TPSA) is 69.4 Å². The molecule has 0 aliphatic heterocycles. The van der Waals surface area contributed by atoms with Gasteiger partial charge in [-0.25, -0.2) is 4.98 Å². The lowest BCUT2D eigenvalue weighted by molar-refractivity contribution is 0.353. The highest BCUT2D eigenvalue weighted by Crippen LogP contribution is 2.28. The summed E-state index contributed by atoms with van der Waals surface area (Å²) in [7, 11) is 4.92. The van der Waals surface area contributed by atoms with Crippen molar-refractivity contribution in [1.82, 2.24) is 15.3 Å². The largest absolute Gasteiger partial charge is 0.480 e. The van der Waals surface area contributed by atoms with Gasteiger partial charge in [0.2, 0.25) is 11.8 Å². The fourth-order valence-corrected chi connectivity index (χ4v) is 1.71. The maximum Gasteiger partial charge on any atom is 0.240 e. The molecule has 0 aromatic carbocycles. The molecule has 2 aromatic heterocycles. The Morgan fingerprint density at radius 3 is 2.72 bits per heavy atom.